The van der Waals surface area contributed by atoms with Crippen molar-refractivity contribution < 1.29 is 19.5 Å². The summed E-state index contributed by atoms with van der Waals surface area (Å²) in [5.41, 5.74) is 0. The number of carboxylic acid groups (broad SMARTS) is 1. The van der Waals surface area contributed by atoms with E-state index in [0.29, 0.717) is 12.8 Å². The van der Waals surface area contributed by atoms with Crippen LogP contribution in [0.1, 0.15) is 26.2 Å². The van der Waals surface area contributed by atoms with Gasteiger partial charge in [0.2, 0.25) is 11.8 Å². The van der Waals surface area contributed by atoms with E-state index < -0.39 is 17.8 Å². The molecule has 0 spiro atoms. The van der Waals surface area contributed by atoms with E-state index >= 15 is 0 Å². The highest BCUT2D eigenvalue weighted by Crippen LogP contribution is 2.39. The number of carbonyl (C=O) groups excluding carboxylic acids is 2. The Hall–Kier alpha value is -1.59. The van der Waals surface area contributed by atoms with E-state index in [4.69, 9.17) is 0 Å². The molecule has 0 aromatic rings. The molecule has 2 amide bonds. The number of hydrogen-bond donors (Lipinski definition) is 1. The summed E-state index contributed by atoms with van der Waals surface area (Å²) in [4.78, 5) is 38.0. The zero-order valence-corrected chi connectivity index (χ0v) is 12.6. The molecule has 20 heavy (non-hydrogen) atoms. The molecule has 1 saturated carbocycles. The summed E-state index contributed by atoms with van der Waals surface area (Å²) in [7, 11) is 4.81. The van der Waals surface area contributed by atoms with Gasteiger partial charge in [-0.2, -0.15) is 0 Å². The second-order valence-corrected chi connectivity index (χ2v) is 5.78. The van der Waals surface area contributed by atoms with Crippen LogP contribution in [0.3, 0.4) is 0 Å². The van der Waals surface area contributed by atoms with Crippen LogP contribution in [-0.4, -0.2) is 60.4 Å². The van der Waals surface area contributed by atoms with Crippen molar-refractivity contribution in [3.8, 4) is 0 Å². The number of aliphatic carboxylic acids is 1. The molecular weight excluding hydrogens is 260 g/mol. The lowest BCUT2D eigenvalue weighted by atomic mass is 9.95. The van der Waals surface area contributed by atoms with Crippen LogP contribution >= 0.6 is 0 Å². The van der Waals surface area contributed by atoms with Gasteiger partial charge in [0.15, 0.2) is 0 Å². The molecule has 6 nitrogen and oxygen atoms in total. The van der Waals surface area contributed by atoms with E-state index in [2.05, 4.69) is 0 Å². The van der Waals surface area contributed by atoms with Crippen LogP contribution in [0.4, 0.5) is 0 Å². The molecule has 114 valence electrons. The summed E-state index contributed by atoms with van der Waals surface area (Å²) in [5, 5.41) is 9.25. The number of rotatable bonds is 5. The van der Waals surface area contributed by atoms with Crippen molar-refractivity contribution in [3.05, 3.63) is 0 Å². The third kappa shape index (κ3) is 3.71. The first kappa shape index (κ1) is 16.5. The van der Waals surface area contributed by atoms with Crippen LogP contribution in [0, 0.1) is 17.8 Å². The zero-order valence-electron chi connectivity index (χ0n) is 12.6. The molecule has 0 aromatic heterocycles. The summed E-state index contributed by atoms with van der Waals surface area (Å²) >= 11 is 0. The molecule has 3 atom stereocenters. The third-order valence-electron chi connectivity index (χ3n) is 4.12. The molecule has 0 bridgehead atoms. The van der Waals surface area contributed by atoms with Gasteiger partial charge in [-0.05, 0) is 18.8 Å². The summed E-state index contributed by atoms with van der Waals surface area (Å²) in [6.07, 6.45) is 2.04. The first-order valence-corrected chi connectivity index (χ1v) is 6.95. The number of hydrogen-bond acceptors (Lipinski definition) is 3. The number of amides is 2. The highest BCUT2D eigenvalue weighted by atomic mass is 16.4. The van der Waals surface area contributed by atoms with Gasteiger partial charge >= 0.3 is 5.97 Å². The fourth-order valence-electron chi connectivity index (χ4n) is 2.73. The maximum atomic E-state index is 12.4. The molecule has 1 rings (SSSR count). The Morgan fingerprint density at radius 2 is 1.65 bits per heavy atom. The molecule has 0 aliphatic heterocycles. The van der Waals surface area contributed by atoms with Crippen molar-refractivity contribution in [2.75, 3.05) is 27.7 Å². The zero-order chi connectivity index (χ0) is 15.4. The van der Waals surface area contributed by atoms with Crippen LogP contribution in [0.2, 0.25) is 0 Å². The topological polar surface area (TPSA) is 77.9 Å². The molecule has 3 unspecified atom stereocenters. The molecule has 1 aliphatic carbocycles. The summed E-state index contributed by atoms with van der Waals surface area (Å²) < 4.78 is 0. The van der Waals surface area contributed by atoms with Gasteiger partial charge in [0.25, 0.3) is 0 Å². The van der Waals surface area contributed by atoms with Crippen molar-refractivity contribution in [1.29, 1.82) is 0 Å². The second-order valence-electron chi connectivity index (χ2n) is 5.78. The van der Waals surface area contributed by atoms with Crippen molar-refractivity contribution >= 4 is 17.8 Å². The molecule has 0 aromatic carbocycles. The van der Waals surface area contributed by atoms with E-state index in [0.717, 1.165) is 6.42 Å². The van der Waals surface area contributed by atoms with Gasteiger partial charge in [-0.25, -0.2) is 0 Å². The first-order chi connectivity index (χ1) is 9.27. The number of carboxylic acids is 1. The van der Waals surface area contributed by atoms with Crippen LogP contribution in [0.15, 0.2) is 0 Å². The van der Waals surface area contributed by atoms with Crippen molar-refractivity contribution in [1.82, 2.24) is 9.80 Å². The highest BCUT2D eigenvalue weighted by molar-refractivity contribution is 5.88. The van der Waals surface area contributed by atoms with Gasteiger partial charge in [0, 0.05) is 21.1 Å². The fraction of sp³-hybridized carbons (Fsp3) is 0.786. The molecule has 0 saturated heterocycles. The van der Waals surface area contributed by atoms with Crippen molar-refractivity contribution in [2.24, 2.45) is 17.8 Å². The van der Waals surface area contributed by atoms with Crippen LogP contribution in [-0.2, 0) is 14.4 Å². The predicted molar refractivity (Wildman–Crippen MR) is 74.0 cm³/mol. The maximum absolute atomic E-state index is 12.4. The number of nitrogens with zero attached hydrogens (tertiary/aromatic N) is 2. The van der Waals surface area contributed by atoms with Gasteiger partial charge in [-0.3, -0.25) is 14.4 Å². The standard InChI is InChI=1S/C14H24N2O4/c1-5-9-6-10(11(7-9)14(19)20)13(18)16(4)8-12(17)15(2)3/h9-11H,5-8H2,1-4H3,(H,19,20). The van der Waals surface area contributed by atoms with E-state index in [9.17, 15) is 19.5 Å². The quantitative estimate of drug-likeness (QED) is 0.805. The molecule has 1 N–H and O–H groups in total. The lowest BCUT2D eigenvalue weighted by Crippen LogP contribution is -2.42. The minimum atomic E-state index is -0.911. The molecule has 0 radical (unpaired) electrons. The van der Waals surface area contributed by atoms with Gasteiger partial charge in [-0.15, -0.1) is 0 Å². The Balaban J connectivity index is 2.73. The molecular formula is C14H24N2O4. The Morgan fingerprint density at radius 3 is 2.10 bits per heavy atom. The van der Waals surface area contributed by atoms with E-state index in [1.165, 1.54) is 9.80 Å². The normalized spacial score (nSPS) is 25.3. The SMILES string of the molecule is CCC1CC(C(=O)O)C(C(=O)N(C)CC(=O)N(C)C)C1. The van der Waals surface area contributed by atoms with Crippen molar-refractivity contribution in [2.45, 2.75) is 26.2 Å². The highest BCUT2D eigenvalue weighted by Gasteiger charge is 2.43. The largest absolute Gasteiger partial charge is 0.481 e. The number of carbonyl (C=O) groups is 3. The first-order valence-electron chi connectivity index (χ1n) is 6.95. The summed E-state index contributed by atoms with van der Waals surface area (Å²) in [6, 6.07) is 0. The average molecular weight is 284 g/mol. The summed E-state index contributed by atoms with van der Waals surface area (Å²) in [6.45, 7) is 2.00. The third-order valence-corrected chi connectivity index (χ3v) is 4.12. The molecule has 1 fully saturated rings. The van der Waals surface area contributed by atoms with Gasteiger partial charge in [0.1, 0.15) is 0 Å². The van der Waals surface area contributed by atoms with E-state index in [1.807, 2.05) is 6.92 Å². The maximum Gasteiger partial charge on any atom is 0.307 e. The van der Waals surface area contributed by atoms with Crippen LogP contribution < -0.4 is 0 Å². The molecule has 6 heteroatoms. The Bertz CT molecular complexity index is 395. The fourth-order valence-corrected chi connectivity index (χ4v) is 2.73. The Kier molecular flexibility index (Phi) is 5.53. The van der Waals surface area contributed by atoms with Gasteiger partial charge in [0.05, 0.1) is 18.4 Å². The van der Waals surface area contributed by atoms with E-state index in [-0.39, 0.29) is 24.3 Å². The molecule has 1 aliphatic rings. The average Bonchev–Trinajstić information content (AvgIpc) is 2.81. The van der Waals surface area contributed by atoms with Crippen LogP contribution in [0.5, 0.6) is 0 Å². The molecule has 0 heterocycles. The minimum Gasteiger partial charge on any atom is -0.481 e. The smallest absolute Gasteiger partial charge is 0.307 e. The number of likely N-dealkylation sites (N-methyl/N-ethyl adjacent to an activating group) is 2. The van der Waals surface area contributed by atoms with Gasteiger partial charge < -0.3 is 14.9 Å². The Labute approximate surface area is 119 Å². The van der Waals surface area contributed by atoms with Crippen molar-refractivity contribution in [3.63, 3.8) is 0 Å². The van der Waals surface area contributed by atoms with Crippen LogP contribution in [0.25, 0.3) is 0 Å². The minimum absolute atomic E-state index is 0.00847. The van der Waals surface area contributed by atoms with E-state index in [1.54, 1.807) is 21.1 Å². The monoisotopic (exact) mass is 284 g/mol. The second kappa shape index (κ2) is 6.72. The lowest BCUT2D eigenvalue weighted by Gasteiger charge is -2.24. The summed E-state index contributed by atoms with van der Waals surface area (Å²) in [5.74, 6) is -2.15. The Morgan fingerprint density at radius 1 is 1.10 bits per heavy atom. The lowest BCUT2D eigenvalue weighted by molar-refractivity contribution is -0.149. The predicted octanol–water partition coefficient (Wildman–Crippen LogP) is 0.670. The van der Waals surface area contributed by atoms with Gasteiger partial charge in [-0.1, -0.05) is 13.3 Å².